The number of alkyl carbamates (subject to hydrolysis) is 2. The van der Waals surface area contributed by atoms with Crippen LogP contribution in [-0.4, -0.2) is 191 Å². The molecular weight excluding hydrogens is 1760 g/mol. The zero-order valence-corrected chi connectivity index (χ0v) is 75.2. The van der Waals surface area contributed by atoms with E-state index >= 15 is 14.4 Å². The SMILES string of the molecule is COC(=O)[C@@]1(OC[C@H]2O[C@H](OC[C@H](NC(=O)OCc3ccccc3)C(=O)OCc3ccccc3)[C@H](N=[N+]=[N-])[C@@H](O[C@@H]3O[C@H](COCc4ccccc4)[C@H](OCc4ccccc4)[C@H](OCc4ccccc4)[C@H]3OC(=O)c3ccccc3)[C@H]2OCc2ccccc2)C[C@H](OC(C)=O)[C@@H](NC(=O)OC(c2ccccc2)(c2ccccc2)c2ccccc2)[C@H]([C@H](OC(C)=O)[C@@H](COC(C)=O)OC(C)=O)O1. The molecule has 3 aliphatic rings. The van der Waals surface area contributed by atoms with Gasteiger partial charge in [0.15, 0.2) is 42.5 Å². The van der Waals surface area contributed by atoms with E-state index in [4.69, 9.17) is 90.0 Å². The van der Waals surface area contributed by atoms with Crippen LogP contribution in [0.4, 0.5) is 9.59 Å². The molecule has 17 atom stereocenters. The van der Waals surface area contributed by atoms with Crippen molar-refractivity contribution in [1.29, 1.82) is 0 Å². The molecule has 13 rings (SSSR count). The molecule has 0 aliphatic carbocycles. The average Bonchev–Trinajstić information content (AvgIpc) is 0.748. The van der Waals surface area contributed by atoms with Gasteiger partial charge in [-0.25, -0.2) is 24.0 Å². The Kier molecular flexibility index (Phi) is 36.4. The van der Waals surface area contributed by atoms with E-state index in [0.29, 0.717) is 38.9 Å². The van der Waals surface area contributed by atoms with Crippen LogP contribution < -0.4 is 10.6 Å². The van der Waals surface area contributed by atoms with Gasteiger partial charge in [0.1, 0.15) is 74.7 Å². The van der Waals surface area contributed by atoms with E-state index in [2.05, 4.69) is 20.7 Å². The van der Waals surface area contributed by atoms with Crippen LogP contribution in [-0.2, 0) is 164 Å². The molecule has 0 spiro atoms. The van der Waals surface area contributed by atoms with E-state index in [1.165, 1.54) is 12.1 Å². The quantitative estimate of drug-likeness (QED) is 0.00895. The number of carbonyl (C=O) groups excluding carboxylic acids is 9. The van der Waals surface area contributed by atoms with E-state index in [1.54, 1.807) is 200 Å². The molecule has 0 bridgehead atoms. The lowest BCUT2D eigenvalue weighted by Gasteiger charge is -2.50. The Labute approximate surface area is 784 Å². The number of benzene rings is 10. The van der Waals surface area contributed by atoms with Gasteiger partial charge in [0.2, 0.25) is 0 Å². The van der Waals surface area contributed by atoms with Crippen molar-refractivity contribution in [3.63, 3.8) is 0 Å². The van der Waals surface area contributed by atoms with Crippen molar-refractivity contribution < 1.29 is 133 Å². The number of ether oxygens (including phenoxy) is 19. The first-order valence-electron chi connectivity index (χ1n) is 44.0. The van der Waals surface area contributed by atoms with Crippen molar-refractivity contribution in [2.75, 3.05) is 33.5 Å². The molecule has 0 radical (unpaired) electrons. The van der Waals surface area contributed by atoms with Gasteiger partial charge in [-0.3, -0.25) is 19.2 Å². The molecule has 0 saturated carbocycles. The van der Waals surface area contributed by atoms with Gasteiger partial charge in [0.25, 0.3) is 5.79 Å². The second-order valence-corrected chi connectivity index (χ2v) is 31.9. The maximum atomic E-state index is 15.9. The summed E-state index contributed by atoms with van der Waals surface area (Å²) >= 11 is 0. The van der Waals surface area contributed by atoms with Crippen LogP contribution in [0.1, 0.15) is 94.5 Å². The van der Waals surface area contributed by atoms with E-state index in [0.717, 1.165) is 45.9 Å². The summed E-state index contributed by atoms with van der Waals surface area (Å²) in [6.45, 7) is -0.332. The minimum atomic E-state index is -3.09. The van der Waals surface area contributed by atoms with Gasteiger partial charge in [-0.15, -0.1) is 0 Å². The largest absolute Gasteiger partial charge is 0.465 e. The van der Waals surface area contributed by atoms with Gasteiger partial charge in [0, 0.05) is 49.3 Å². The number of methoxy groups -OCH3 is 1. The maximum Gasteiger partial charge on any atom is 0.409 e. The number of carbonyl (C=O) groups is 9. The molecule has 3 heterocycles. The standard InChI is InChI=1S/C103H105N5O28/c1-67(109)120-65-84(129-69(3)111)90(130-70(4)112)92-86(106-101(117)136-103(78-50-30-13-31-51-78,79-52-32-14-33-53-79)80-54-34-15-35-55-80)82(128-68(2)110)56-102(135-92,99(115)118-5)127-66-85-88(121-58-72-38-18-7-19-39-72)91(87(107-108-104)97(131-85)125-63-81(96(114)124-61-75-44-24-10-25-45-75)105-100(116)126-62-76-46-26-11-27-47-76)134-98-94(133-95(113)77-48-28-12-29-49-77)93(123-60-74-42-22-9-23-43-74)89(122-59-73-40-20-8-21-41-73)83(132-98)64-119-57-71-36-16-6-17-37-71/h6-55,81-94,97-98H,56-66H2,1-5H3,(H,105,116)(H,106,117)/t81-,82-,83+,84+,85+,86+,87+,88-,89-,90+,91+,92+,93-,94+,97-,98-,102+/m0/s1. The molecule has 2 N–H and O–H groups in total. The lowest BCUT2D eigenvalue weighted by atomic mass is 9.80. The van der Waals surface area contributed by atoms with Crippen molar-refractivity contribution in [3.05, 3.63) is 369 Å². The Hall–Kier alpha value is -14.1. The molecule has 136 heavy (non-hydrogen) atoms. The van der Waals surface area contributed by atoms with Gasteiger partial charge < -0.3 is 101 Å². The zero-order chi connectivity index (χ0) is 95.6. The number of esters is 7. The van der Waals surface area contributed by atoms with Crippen molar-refractivity contribution in [3.8, 4) is 0 Å². The van der Waals surface area contributed by atoms with E-state index < -0.39 is 189 Å². The first-order chi connectivity index (χ1) is 66.2. The molecule has 3 aliphatic heterocycles. The Morgan fingerprint density at radius 2 is 0.897 bits per heavy atom. The number of nitrogens with zero attached hydrogens (tertiary/aromatic N) is 3. The van der Waals surface area contributed by atoms with Crippen molar-refractivity contribution in [2.45, 2.75) is 183 Å². The molecule has 10 aromatic carbocycles. The van der Waals surface area contributed by atoms with Gasteiger partial charge in [-0.2, -0.15) is 0 Å². The smallest absolute Gasteiger partial charge is 0.409 e. The average molecular weight is 1860 g/mol. The minimum absolute atomic E-state index is 0.0300. The number of rotatable bonds is 43. The fourth-order valence-corrected chi connectivity index (χ4v) is 16.1. The lowest BCUT2D eigenvalue weighted by molar-refractivity contribution is -0.361. The molecule has 0 unspecified atom stereocenters. The summed E-state index contributed by atoms with van der Waals surface area (Å²) in [5, 5.41) is 9.73. The highest BCUT2D eigenvalue weighted by atomic mass is 16.8. The molecule has 710 valence electrons. The first-order valence-corrected chi connectivity index (χ1v) is 44.0. The van der Waals surface area contributed by atoms with Gasteiger partial charge in [-0.1, -0.05) is 296 Å². The first kappa shape index (κ1) is 99.4. The molecule has 3 fully saturated rings. The number of hydrogen-bond donors (Lipinski definition) is 2. The summed E-state index contributed by atoms with van der Waals surface area (Å²) < 4.78 is 125. The van der Waals surface area contributed by atoms with E-state index in [9.17, 15) is 34.3 Å². The second kappa shape index (κ2) is 49.8. The van der Waals surface area contributed by atoms with Crippen LogP contribution in [0, 0.1) is 0 Å². The highest BCUT2D eigenvalue weighted by Crippen LogP contribution is 2.44. The third kappa shape index (κ3) is 27.4. The van der Waals surface area contributed by atoms with Crippen LogP contribution in [0.3, 0.4) is 0 Å². The summed E-state index contributed by atoms with van der Waals surface area (Å²) in [6, 6.07) is 81.9. The molecule has 2 amide bonds. The number of nitrogens with one attached hydrogen (secondary N) is 2. The third-order valence-corrected chi connectivity index (χ3v) is 22.3. The van der Waals surface area contributed by atoms with Crippen LogP contribution >= 0.6 is 0 Å². The highest BCUT2D eigenvalue weighted by Gasteiger charge is 2.62. The van der Waals surface area contributed by atoms with Crippen LogP contribution in [0.2, 0.25) is 0 Å². The maximum absolute atomic E-state index is 15.9. The summed E-state index contributed by atoms with van der Waals surface area (Å²) in [6.07, 6.45) is -27.0. The van der Waals surface area contributed by atoms with Crippen molar-refractivity contribution >= 4 is 54.0 Å². The summed E-state index contributed by atoms with van der Waals surface area (Å²) in [4.78, 5) is 134. The number of azide groups is 1. The fourth-order valence-electron chi connectivity index (χ4n) is 16.1. The molecule has 3 saturated heterocycles. The second-order valence-electron chi connectivity index (χ2n) is 31.9. The van der Waals surface area contributed by atoms with Gasteiger partial charge in [0.05, 0.1) is 71.4 Å². The van der Waals surface area contributed by atoms with Crippen molar-refractivity contribution in [2.24, 2.45) is 5.11 Å². The summed E-state index contributed by atoms with van der Waals surface area (Å²) in [5.74, 6) is -10.7. The predicted octanol–water partition coefficient (Wildman–Crippen LogP) is 13.9. The molecular formula is C103H105N5O28. The monoisotopic (exact) mass is 1860 g/mol. The number of amides is 2. The molecule has 33 heteroatoms. The van der Waals surface area contributed by atoms with Gasteiger partial charge in [-0.05, 0) is 51.0 Å². The fraction of sp³-hybridized carbons (Fsp3) is 0.330. The molecule has 10 aromatic rings. The highest BCUT2D eigenvalue weighted by molar-refractivity contribution is 5.89. The normalized spacial score (nSPS) is 21.9. The topological polar surface area (TPSA) is 402 Å². The van der Waals surface area contributed by atoms with Crippen molar-refractivity contribution in [1.82, 2.24) is 10.6 Å². The Bertz CT molecular complexity index is 5450. The van der Waals surface area contributed by atoms with Crippen LogP contribution in [0.25, 0.3) is 10.4 Å². The van der Waals surface area contributed by atoms with Crippen LogP contribution in [0.5, 0.6) is 0 Å². The minimum Gasteiger partial charge on any atom is -0.465 e. The van der Waals surface area contributed by atoms with Crippen LogP contribution in [0.15, 0.2) is 308 Å². The Morgan fingerprint density at radius 3 is 1.37 bits per heavy atom. The van der Waals surface area contributed by atoms with E-state index in [1.807, 2.05) is 91.0 Å². The lowest BCUT2D eigenvalue weighted by Crippen LogP contribution is -2.70. The number of hydrogen-bond acceptors (Lipinski definition) is 29. The summed E-state index contributed by atoms with van der Waals surface area (Å²) in [5.41, 5.74) is 14.5. The third-order valence-electron chi connectivity index (χ3n) is 22.3. The summed E-state index contributed by atoms with van der Waals surface area (Å²) in [7, 11) is 0.948. The Balaban J connectivity index is 0.975. The zero-order valence-electron chi connectivity index (χ0n) is 75.2. The predicted molar refractivity (Wildman–Crippen MR) is 484 cm³/mol. The molecule has 33 nitrogen and oxygen atoms in total. The Morgan fingerprint density at radius 1 is 0.456 bits per heavy atom. The van der Waals surface area contributed by atoms with E-state index in [-0.39, 0.29) is 51.8 Å². The molecule has 0 aromatic heterocycles. The van der Waals surface area contributed by atoms with Gasteiger partial charge >= 0.3 is 54.0 Å².